The second-order valence-electron chi connectivity index (χ2n) is 4.09. The molecule has 0 bridgehead atoms. The number of sulfonamides is 1. The van der Waals surface area contributed by atoms with E-state index >= 15 is 0 Å². The highest BCUT2D eigenvalue weighted by molar-refractivity contribution is 7.98. The first-order valence-electron chi connectivity index (χ1n) is 5.84. The maximum Gasteiger partial charge on any atom is 0.269 e. The van der Waals surface area contributed by atoms with Gasteiger partial charge in [0.05, 0.1) is 9.82 Å². The number of nitrogens with zero attached hydrogens (tertiary/aromatic N) is 1. The van der Waals surface area contributed by atoms with Crippen molar-refractivity contribution in [1.82, 2.24) is 0 Å². The van der Waals surface area contributed by atoms with Crippen LogP contribution in [0.25, 0.3) is 0 Å². The summed E-state index contributed by atoms with van der Waals surface area (Å²) in [5.41, 5.74) is 0.178. The zero-order chi connectivity index (χ0) is 15.5. The third kappa shape index (κ3) is 3.73. The fourth-order valence-corrected chi connectivity index (χ4v) is 3.09. The normalized spacial score (nSPS) is 11.1. The van der Waals surface area contributed by atoms with E-state index in [0.29, 0.717) is 0 Å². The maximum absolute atomic E-state index is 12.2. The third-order valence-electron chi connectivity index (χ3n) is 2.70. The molecule has 1 N–H and O–H groups in total. The molecule has 21 heavy (non-hydrogen) atoms. The Morgan fingerprint density at radius 1 is 1.05 bits per heavy atom. The summed E-state index contributed by atoms with van der Waals surface area (Å²) in [6.07, 6.45) is 1.90. The molecule has 2 aromatic carbocycles. The summed E-state index contributed by atoms with van der Waals surface area (Å²) < 4.78 is 26.7. The first kappa shape index (κ1) is 15.3. The molecule has 8 heteroatoms. The van der Waals surface area contributed by atoms with E-state index < -0.39 is 14.9 Å². The quantitative estimate of drug-likeness (QED) is 0.518. The lowest BCUT2D eigenvalue weighted by molar-refractivity contribution is -0.384. The van der Waals surface area contributed by atoms with Gasteiger partial charge in [0.15, 0.2) is 0 Å². The third-order valence-corrected chi connectivity index (χ3v) is 4.84. The minimum absolute atomic E-state index is 0.0951. The predicted molar refractivity (Wildman–Crippen MR) is 82.1 cm³/mol. The number of hydrogen-bond acceptors (Lipinski definition) is 5. The zero-order valence-corrected chi connectivity index (χ0v) is 12.6. The molecule has 2 rings (SSSR count). The minimum atomic E-state index is -3.70. The molecule has 0 heterocycles. The lowest BCUT2D eigenvalue weighted by Crippen LogP contribution is -2.12. The van der Waals surface area contributed by atoms with Crippen LogP contribution in [-0.4, -0.2) is 19.6 Å². The summed E-state index contributed by atoms with van der Waals surface area (Å²) in [5, 5.41) is 10.5. The molecule has 0 aromatic heterocycles. The van der Waals surface area contributed by atoms with Gasteiger partial charge < -0.3 is 0 Å². The zero-order valence-electron chi connectivity index (χ0n) is 11.0. The molecule has 0 radical (unpaired) electrons. The molecule has 0 aliphatic carbocycles. The van der Waals surface area contributed by atoms with Crippen LogP contribution in [0.3, 0.4) is 0 Å². The number of thioether (sulfide) groups is 1. The molecule has 0 fully saturated rings. The van der Waals surface area contributed by atoms with Gasteiger partial charge in [0.1, 0.15) is 0 Å². The summed E-state index contributed by atoms with van der Waals surface area (Å²) in [5.74, 6) is 0. The maximum atomic E-state index is 12.2. The van der Waals surface area contributed by atoms with E-state index in [9.17, 15) is 18.5 Å². The van der Waals surface area contributed by atoms with Gasteiger partial charge in [-0.2, -0.15) is 0 Å². The number of benzene rings is 2. The molecule has 2 aromatic rings. The number of rotatable bonds is 5. The molecular weight excluding hydrogens is 312 g/mol. The highest BCUT2D eigenvalue weighted by atomic mass is 32.2. The average Bonchev–Trinajstić information content (AvgIpc) is 2.47. The van der Waals surface area contributed by atoms with Gasteiger partial charge in [0.2, 0.25) is 0 Å². The summed E-state index contributed by atoms with van der Waals surface area (Å²) in [6.45, 7) is 0. The number of hydrogen-bond donors (Lipinski definition) is 1. The number of nitro benzene ring substituents is 1. The summed E-state index contributed by atoms with van der Waals surface area (Å²) >= 11 is 1.52. The van der Waals surface area contributed by atoms with Crippen molar-refractivity contribution in [1.29, 1.82) is 0 Å². The van der Waals surface area contributed by atoms with Crippen molar-refractivity contribution in [2.75, 3.05) is 11.0 Å². The Bertz CT molecular complexity index is 741. The van der Waals surface area contributed by atoms with Crippen molar-refractivity contribution in [3.63, 3.8) is 0 Å². The van der Waals surface area contributed by atoms with E-state index in [1.54, 1.807) is 12.1 Å². The fourth-order valence-electron chi connectivity index (χ4n) is 1.62. The van der Waals surface area contributed by atoms with Crippen LogP contribution in [0.1, 0.15) is 0 Å². The Hall–Kier alpha value is -2.06. The lowest BCUT2D eigenvalue weighted by Gasteiger charge is -2.08. The number of anilines is 1. The Labute approximate surface area is 126 Å². The van der Waals surface area contributed by atoms with Crippen molar-refractivity contribution in [2.24, 2.45) is 0 Å². The SMILES string of the molecule is CSc1ccc(S(=O)(=O)Nc2ccc([N+](=O)[O-])cc2)cc1. The Morgan fingerprint density at radius 2 is 1.62 bits per heavy atom. The first-order chi connectivity index (χ1) is 9.92. The van der Waals surface area contributed by atoms with Gasteiger partial charge in [0, 0.05) is 22.7 Å². The largest absolute Gasteiger partial charge is 0.280 e. The molecule has 6 nitrogen and oxygen atoms in total. The molecular formula is C13H12N2O4S2. The van der Waals surface area contributed by atoms with E-state index in [0.717, 1.165) is 4.90 Å². The Morgan fingerprint density at radius 3 is 2.10 bits per heavy atom. The summed E-state index contributed by atoms with van der Waals surface area (Å²) in [6, 6.07) is 11.7. The molecule has 0 aliphatic rings. The van der Waals surface area contributed by atoms with Crippen molar-refractivity contribution in [2.45, 2.75) is 9.79 Å². The van der Waals surface area contributed by atoms with Gasteiger partial charge in [-0.3, -0.25) is 14.8 Å². The van der Waals surface area contributed by atoms with Gasteiger partial charge >= 0.3 is 0 Å². The number of nitro groups is 1. The molecule has 0 saturated carbocycles. The van der Waals surface area contributed by atoms with E-state index in [4.69, 9.17) is 0 Å². The molecule has 0 saturated heterocycles. The predicted octanol–water partition coefficient (Wildman–Crippen LogP) is 3.12. The van der Waals surface area contributed by atoms with Crippen LogP contribution in [-0.2, 0) is 10.0 Å². The van der Waals surface area contributed by atoms with Crippen molar-refractivity contribution in [3.8, 4) is 0 Å². The van der Waals surface area contributed by atoms with E-state index in [-0.39, 0.29) is 16.3 Å². The Balaban J connectivity index is 2.21. The van der Waals surface area contributed by atoms with Gasteiger partial charge in [-0.15, -0.1) is 11.8 Å². The fraction of sp³-hybridized carbons (Fsp3) is 0.0769. The second-order valence-corrected chi connectivity index (χ2v) is 6.65. The number of nitrogens with one attached hydrogen (secondary N) is 1. The molecule has 0 atom stereocenters. The van der Waals surface area contributed by atoms with Crippen LogP contribution in [0.15, 0.2) is 58.3 Å². The monoisotopic (exact) mass is 324 g/mol. The molecule has 0 amide bonds. The molecule has 0 unspecified atom stereocenters. The van der Waals surface area contributed by atoms with Crippen molar-refractivity contribution >= 4 is 33.2 Å². The smallest absolute Gasteiger partial charge is 0.269 e. The molecule has 110 valence electrons. The van der Waals surface area contributed by atoms with E-state index in [2.05, 4.69) is 4.72 Å². The van der Waals surface area contributed by atoms with Gasteiger partial charge in [-0.25, -0.2) is 8.42 Å². The van der Waals surface area contributed by atoms with Crippen molar-refractivity contribution < 1.29 is 13.3 Å². The van der Waals surface area contributed by atoms with Gasteiger partial charge in [-0.05, 0) is 42.7 Å². The van der Waals surface area contributed by atoms with E-state index in [1.807, 2.05) is 6.26 Å². The van der Waals surface area contributed by atoms with Crippen LogP contribution < -0.4 is 4.72 Å². The topological polar surface area (TPSA) is 89.3 Å². The van der Waals surface area contributed by atoms with Crippen molar-refractivity contribution in [3.05, 3.63) is 58.6 Å². The van der Waals surface area contributed by atoms with Crippen LogP contribution in [0, 0.1) is 10.1 Å². The standard InChI is InChI=1S/C13H12N2O4S2/c1-20-12-6-8-13(9-7-12)21(18,19)14-10-2-4-11(5-3-10)15(16)17/h2-9,14H,1H3. The lowest BCUT2D eigenvalue weighted by atomic mass is 10.3. The molecule has 0 spiro atoms. The highest BCUT2D eigenvalue weighted by Gasteiger charge is 2.14. The van der Waals surface area contributed by atoms with E-state index in [1.165, 1.54) is 48.2 Å². The van der Waals surface area contributed by atoms with Gasteiger partial charge in [0.25, 0.3) is 15.7 Å². The summed E-state index contributed by atoms with van der Waals surface area (Å²) in [7, 11) is -3.70. The summed E-state index contributed by atoms with van der Waals surface area (Å²) in [4.78, 5) is 11.1. The Kier molecular flexibility index (Phi) is 4.49. The van der Waals surface area contributed by atoms with Crippen LogP contribution in [0.4, 0.5) is 11.4 Å². The van der Waals surface area contributed by atoms with Crippen LogP contribution in [0.5, 0.6) is 0 Å². The first-order valence-corrected chi connectivity index (χ1v) is 8.54. The van der Waals surface area contributed by atoms with Crippen LogP contribution >= 0.6 is 11.8 Å². The highest BCUT2D eigenvalue weighted by Crippen LogP contribution is 2.21. The average molecular weight is 324 g/mol. The number of non-ortho nitro benzene ring substituents is 1. The minimum Gasteiger partial charge on any atom is -0.280 e. The molecule has 0 aliphatic heterocycles. The second kappa shape index (κ2) is 6.15. The van der Waals surface area contributed by atoms with Crippen LogP contribution in [0.2, 0.25) is 0 Å². The van der Waals surface area contributed by atoms with Gasteiger partial charge in [-0.1, -0.05) is 0 Å².